The number of halogens is 4. The summed E-state index contributed by atoms with van der Waals surface area (Å²) in [6.07, 6.45) is -2.02. The minimum absolute atomic E-state index is 0.0271. The Balaban J connectivity index is 2.25. The first-order valence-electron chi connectivity index (χ1n) is 8.59. The lowest BCUT2D eigenvalue weighted by Gasteiger charge is -2.09. The van der Waals surface area contributed by atoms with Crippen LogP contribution in [0.3, 0.4) is 0 Å². The second-order valence-corrected chi connectivity index (χ2v) is 6.10. The van der Waals surface area contributed by atoms with Crippen LogP contribution in [-0.2, 0) is 22.1 Å². The van der Waals surface area contributed by atoms with Crippen molar-refractivity contribution in [1.29, 1.82) is 0 Å². The van der Waals surface area contributed by atoms with Gasteiger partial charge in [-0.3, -0.25) is 9.98 Å². The number of hydrogen-bond acceptors (Lipinski definition) is 5. The van der Waals surface area contributed by atoms with Crippen molar-refractivity contribution in [3.05, 3.63) is 70.4 Å². The van der Waals surface area contributed by atoms with Gasteiger partial charge in [0.25, 0.3) is 0 Å². The Kier molecular flexibility index (Phi) is 7.08. The summed E-state index contributed by atoms with van der Waals surface area (Å²) in [5.74, 6) is -1.60. The molecule has 0 aliphatic carbocycles. The Hall–Kier alpha value is -3.23. The zero-order valence-corrected chi connectivity index (χ0v) is 15.8. The molecular weight excluding hydrogens is 390 g/mol. The number of nitrogens with zero attached hydrogens (tertiary/aromatic N) is 2. The van der Waals surface area contributed by atoms with Gasteiger partial charge in [0, 0.05) is 30.2 Å². The van der Waals surface area contributed by atoms with Crippen LogP contribution in [0.15, 0.2) is 52.8 Å². The molecule has 0 bridgehead atoms. The summed E-state index contributed by atoms with van der Waals surface area (Å²) in [5, 5.41) is 0. The third-order valence-corrected chi connectivity index (χ3v) is 3.73. The maximum absolute atomic E-state index is 13.6. The third kappa shape index (κ3) is 6.41. The smallest absolute Gasteiger partial charge is 0.416 e. The summed E-state index contributed by atoms with van der Waals surface area (Å²) in [6.45, 7) is 3.36. The molecule has 1 aromatic carbocycles. The number of pyridine rings is 1. The number of benzene rings is 1. The van der Waals surface area contributed by atoms with E-state index in [0.29, 0.717) is 17.4 Å². The molecule has 2 rings (SSSR count). The Morgan fingerprint density at radius 3 is 2.62 bits per heavy atom. The van der Waals surface area contributed by atoms with Crippen LogP contribution < -0.4 is 5.73 Å². The van der Waals surface area contributed by atoms with Gasteiger partial charge in [-0.05, 0) is 49.7 Å². The van der Waals surface area contributed by atoms with Crippen LogP contribution in [-0.4, -0.2) is 23.8 Å². The molecule has 154 valence electrons. The highest BCUT2D eigenvalue weighted by Gasteiger charge is 2.31. The normalized spacial score (nSPS) is 12.8. The first-order chi connectivity index (χ1) is 13.6. The molecule has 0 saturated carbocycles. The highest BCUT2D eigenvalue weighted by molar-refractivity contribution is 6.10. The maximum atomic E-state index is 13.6. The van der Waals surface area contributed by atoms with Gasteiger partial charge < -0.3 is 10.5 Å². The standard InChI is InChI=1S/C20H19F4N3O2/c1-3-29-19(28)18(12(2)25)11-27-16-4-5-26-17(10-16)8-13-6-14(20(22,23)24)9-15(21)7-13/h4-7,9-11H,3,8,25H2,1-2H3/b18-12+,27-11?. The highest BCUT2D eigenvalue weighted by Crippen LogP contribution is 2.31. The average molecular weight is 409 g/mol. The van der Waals surface area contributed by atoms with Gasteiger partial charge in [-0.15, -0.1) is 0 Å². The van der Waals surface area contributed by atoms with Gasteiger partial charge in [0.1, 0.15) is 5.82 Å². The second-order valence-electron chi connectivity index (χ2n) is 6.10. The van der Waals surface area contributed by atoms with Crippen LogP contribution in [0.1, 0.15) is 30.7 Å². The molecule has 2 N–H and O–H groups in total. The number of carbonyl (C=O) groups is 1. The molecule has 29 heavy (non-hydrogen) atoms. The largest absolute Gasteiger partial charge is 0.462 e. The van der Waals surface area contributed by atoms with Crippen molar-refractivity contribution in [2.24, 2.45) is 10.7 Å². The first kappa shape index (κ1) is 22.1. The van der Waals surface area contributed by atoms with E-state index in [9.17, 15) is 22.4 Å². The van der Waals surface area contributed by atoms with Crippen LogP contribution >= 0.6 is 0 Å². The molecule has 0 unspecified atom stereocenters. The zero-order chi connectivity index (χ0) is 21.6. The number of alkyl halides is 3. The number of ether oxygens (including phenoxy) is 1. The maximum Gasteiger partial charge on any atom is 0.416 e. The summed E-state index contributed by atoms with van der Waals surface area (Å²) < 4.78 is 57.0. The van der Waals surface area contributed by atoms with Crippen LogP contribution in [0.4, 0.5) is 23.2 Å². The number of aliphatic imine (C=N–C) groups is 1. The number of aromatic nitrogens is 1. The predicted molar refractivity (Wildman–Crippen MR) is 100 cm³/mol. The molecule has 0 aliphatic heterocycles. The lowest BCUT2D eigenvalue weighted by molar-refractivity contribution is -0.138. The predicted octanol–water partition coefficient (Wildman–Crippen LogP) is 4.33. The van der Waals surface area contributed by atoms with E-state index in [2.05, 4.69) is 9.98 Å². The van der Waals surface area contributed by atoms with Crippen molar-refractivity contribution in [2.75, 3.05) is 6.61 Å². The molecule has 1 aromatic heterocycles. The lowest BCUT2D eigenvalue weighted by Crippen LogP contribution is -2.13. The van der Waals surface area contributed by atoms with E-state index in [-0.39, 0.29) is 29.9 Å². The second kappa shape index (κ2) is 9.31. The molecule has 0 radical (unpaired) electrons. The molecule has 5 nitrogen and oxygen atoms in total. The number of carbonyl (C=O) groups excluding carboxylic acids is 1. The fourth-order valence-corrected chi connectivity index (χ4v) is 2.43. The number of hydrogen-bond donors (Lipinski definition) is 1. The van der Waals surface area contributed by atoms with E-state index in [1.807, 2.05) is 0 Å². The zero-order valence-electron chi connectivity index (χ0n) is 15.8. The van der Waals surface area contributed by atoms with Crippen molar-refractivity contribution in [2.45, 2.75) is 26.4 Å². The van der Waals surface area contributed by atoms with Gasteiger partial charge in [-0.2, -0.15) is 13.2 Å². The highest BCUT2D eigenvalue weighted by atomic mass is 19.4. The summed E-state index contributed by atoms with van der Waals surface area (Å²) in [6, 6.07) is 5.40. The van der Waals surface area contributed by atoms with Crippen LogP contribution in [0, 0.1) is 5.82 Å². The number of rotatable bonds is 6. The van der Waals surface area contributed by atoms with Crippen LogP contribution in [0.2, 0.25) is 0 Å². The molecule has 0 spiro atoms. The number of nitrogens with two attached hydrogens (primary N) is 1. The summed E-state index contributed by atoms with van der Waals surface area (Å²) >= 11 is 0. The minimum Gasteiger partial charge on any atom is -0.462 e. The molecule has 1 heterocycles. The van der Waals surface area contributed by atoms with Crippen molar-refractivity contribution in [1.82, 2.24) is 4.98 Å². The summed E-state index contributed by atoms with van der Waals surface area (Å²) in [4.78, 5) is 20.1. The number of esters is 1. The Bertz CT molecular complexity index is 949. The van der Waals surface area contributed by atoms with Gasteiger partial charge in [0.05, 0.1) is 23.4 Å². The Morgan fingerprint density at radius 1 is 1.28 bits per heavy atom. The van der Waals surface area contributed by atoms with Crippen molar-refractivity contribution in [3.63, 3.8) is 0 Å². The van der Waals surface area contributed by atoms with Gasteiger partial charge in [0.2, 0.25) is 0 Å². The van der Waals surface area contributed by atoms with E-state index >= 15 is 0 Å². The van der Waals surface area contributed by atoms with Crippen LogP contribution in [0.25, 0.3) is 0 Å². The lowest BCUT2D eigenvalue weighted by atomic mass is 10.0. The Labute approximate surface area is 164 Å². The molecule has 0 saturated heterocycles. The fourth-order valence-electron chi connectivity index (χ4n) is 2.43. The van der Waals surface area contributed by atoms with Crippen molar-refractivity contribution < 1.29 is 27.1 Å². The van der Waals surface area contributed by atoms with Gasteiger partial charge in [-0.25, -0.2) is 9.18 Å². The molecule has 9 heteroatoms. The summed E-state index contributed by atoms with van der Waals surface area (Å²) in [7, 11) is 0. The SMILES string of the molecule is CCOC(=O)/C(C=Nc1ccnc(Cc2cc(F)cc(C(F)(F)F)c2)c1)=C(\C)N. The molecular formula is C20H19F4N3O2. The van der Waals surface area contributed by atoms with Crippen LogP contribution in [0.5, 0.6) is 0 Å². The minimum atomic E-state index is -4.65. The van der Waals surface area contributed by atoms with E-state index in [1.54, 1.807) is 13.0 Å². The molecule has 0 amide bonds. The molecule has 0 fully saturated rings. The average Bonchev–Trinajstić information content (AvgIpc) is 2.61. The molecule has 0 atom stereocenters. The quantitative estimate of drug-likeness (QED) is 0.333. The first-order valence-corrected chi connectivity index (χ1v) is 8.59. The van der Waals surface area contributed by atoms with E-state index < -0.39 is 23.5 Å². The van der Waals surface area contributed by atoms with Gasteiger partial charge >= 0.3 is 12.1 Å². The topological polar surface area (TPSA) is 77.6 Å². The third-order valence-electron chi connectivity index (χ3n) is 3.73. The van der Waals surface area contributed by atoms with Crippen molar-refractivity contribution in [3.8, 4) is 0 Å². The summed E-state index contributed by atoms with van der Waals surface area (Å²) in [5.41, 5.74) is 5.82. The monoisotopic (exact) mass is 409 g/mol. The van der Waals surface area contributed by atoms with E-state index in [0.717, 1.165) is 12.1 Å². The Morgan fingerprint density at radius 2 is 2.00 bits per heavy atom. The van der Waals surface area contributed by atoms with E-state index in [4.69, 9.17) is 10.5 Å². The number of allylic oxidation sites excluding steroid dienone is 1. The van der Waals surface area contributed by atoms with Crippen molar-refractivity contribution >= 4 is 17.9 Å². The van der Waals surface area contributed by atoms with Gasteiger partial charge in [-0.1, -0.05) is 0 Å². The van der Waals surface area contributed by atoms with E-state index in [1.165, 1.54) is 25.4 Å². The van der Waals surface area contributed by atoms with Gasteiger partial charge in [0.15, 0.2) is 0 Å². The molecule has 0 aliphatic rings. The molecule has 2 aromatic rings. The fraction of sp³-hybridized carbons (Fsp3) is 0.250.